The number of fused-ring (bicyclic) bond motifs is 2. The number of hydrogen-bond acceptors (Lipinski definition) is 4. The minimum Gasteiger partial charge on any atom is -0.508 e. The molecule has 5 heteroatoms. The number of nitrogens with zero attached hydrogens (tertiary/aromatic N) is 4. The predicted octanol–water partition coefficient (Wildman–Crippen LogP) is 3.37. The van der Waals surface area contributed by atoms with Crippen molar-refractivity contribution in [2.75, 3.05) is 19.6 Å². The quantitative estimate of drug-likeness (QED) is 0.864. The molecule has 5 heterocycles. The molecule has 1 N–H and O–H groups in total. The lowest BCUT2D eigenvalue weighted by atomic mass is 9.75. The van der Waals surface area contributed by atoms with Crippen molar-refractivity contribution >= 4 is 0 Å². The van der Waals surface area contributed by atoms with Crippen LogP contribution in [0.15, 0.2) is 30.5 Å². The summed E-state index contributed by atoms with van der Waals surface area (Å²) < 4.78 is 2.16. The van der Waals surface area contributed by atoms with E-state index in [0.717, 1.165) is 32.0 Å². The average Bonchev–Trinajstić information content (AvgIpc) is 3.27. The van der Waals surface area contributed by atoms with E-state index in [1.54, 1.807) is 6.07 Å². The van der Waals surface area contributed by atoms with Gasteiger partial charge in [-0.15, -0.1) is 0 Å². The van der Waals surface area contributed by atoms with Crippen LogP contribution in [0.3, 0.4) is 0 Å². The Hall–Kier alpha value is -1.85. The highest BCUT2D eigenvalue weighted by atomic mass is 16.3. The summed E-state index contributed by atoms with van der Waals surface area (Å²) in [7, 11) is 0. The molecule has 4 aliphatic rings. The molecular weight excluding hydrogens is 348 g/mol. The van der Waals surface area contributed by atoms with Gasteiger partial charge in [0.05, 0.1) is 6.20 Å². The van der Waals surface area contributed by atoms with E-state index in [0.29, 0.717) is 23.8 Å². The SMILES string of the molecule is CCCn1ncc(CN2C[C@@H](c3cccc(O)c3)[C@@H]3[C@H]2C2CCN3CC2)c1C. The van der Waals surface area contributed by atoms with E-state index in [1.807, 2.05) is 12.1 Å². The van der Waals surface area contributed by atoms with Gasteiger partial charge in [0.15, 0.2) is 0 Å². The molecule has 4 aliphatic heterocycles. The largest absolute Gasteiger partial charge is 0.508 e. The highest BCUT2D eigenvalue weighted by molar-refractivity contribution is 5.33. The maximum atomic E-state index is 10.1. The number of aromatic nitrogens is 2. The zero-order chi connectivity index (χ0) is 19.3. The van der Waals surface area contributed by atoms with E-state index in [9.17, 15) is 5.11 Å². The number of rotatable bonds is 5. The summed E-state index contributed by atoms with van der Waals surface area (Å²) in [6.45, 7) is 9.97. The van der Waals surface area contributed by atoms with Gasteiger partial charge >= 0.3 is 0 Å². The molecule has 1 aromatic heterocycles. The average molecular weight is 381 g/mol. The molecule has 3 atom stereocenters. The zero-order valence-corrected chi connectivity index (χ0v) is 17.1. The second-order valence-electron chi connectivity index (χ2n) is 8.96. The lowest BCUT2D eigenvalue weighted by Gasteiger charge is -2.51. The summed E-state index contributed by atoms with van der Waals surface area (Å²) in [6, 6.07) is 9.19. The lowest BCUT2D eigenvalue weighted by molar-refractivity contribution is -0.00874. The minimum atomic E-state index is 0.389. The van der Waals surface area contributed by atoms with Gasteiger partial charge in [0.25, 0.3) is 0 Å². The van der Waals surface area contributed by atoms with Gasteiger partial charge in [-0.05, 0) is 62.9 Å². The van der Waals surface area contributed by atoms with E-state index < -0.39 is 0 Å². The lowest BCUT2D eigenvalue weighted by Crippen LogP contribution is -2.59. The van der Waals surface area contributed by atoms with Crippen molar-refractivity contribution in [2.45, 2.75) is 64.2 Å². The molecule has 150 valence electrons. The van der Waals surface area contributed by atoms with Crippen LogP contribution in [0, 0.1) is 12.8 Å². The molecule has 4 fully saturated rings. The van der Waals surface area contributed by atoms with Crippen molar-refractivity contribution in [3.05, 3.63) is 47.3 Å². The van der Waals surface area contributed by atoms with Gasteiger partial charge in [0.1, 0.15) is 5.75 Å². The summed E-state index contributed by atoms with van der Waals surface area (Å²) in [5.74, 6) is 1.68. The molecule has 0 spiro atoms. The monoisotopic (exact) mass is 380 g/mol. The van der Waals surface area contributed by atoms with Gasteiger partial charge < -0.3 is 5.11 Å². The number of hydrogen-bond donors (Lipinski definition) is 1. The number of phenolic OH excluding ortho intramolecular Hbond substituents is 1. The molecule has 2 bridgehead atoms. The first-order valence-corrected chi connectivity index (χ1v) is 10.9. The van der Waals surface area contributed by atoms with E-state index in [2.05, 4.69) is 45.7 Å². The van der Waals surface area contributed by atoms with Crippen LogP contribution in [0.25, 0.3) is 0 Å². The van der Waals surface area contributed by atoms with Crippen molar-refractivity contribution in [3.8, 4) is 5.75 Å². The minimum absolute atomic E-state index is 0.389. The number of piperidine rings is 3. The van der Waals surface area contributed by atoms with Crippen molar-refractivity contribution in [1.82, 2.24) is 19.6 Å². The van der Waals surface area contributed by atoms with E-state index in [1.165, 1.54) is 42.8 Å². The Kier molecular flexibility index (Phi) is 4.68. The molecule has 6 rings (SSSR count). The summed E-state index contributed by atoms with van der Waals surface area (Å²) in [5.41, 5.74) is 3.99. The van der Waals surface area contributed by atoms with Crippen LogP contribution >= 0.6 is 0 Å². The smallest absolute Gasteiger partial charge is 0.115 e. The zero-order valence-electron chi connectivity index (χ0n) is 17.1. The van der Waals surface area contributed by atoms with Gasteiger partial charge in [-0.1, -0.05) is 19.1 Å². The first kappa shape index (κ1) is 18.2. The molecule has 5 nitrogen and oxygen atoms in total. The second-order valence-corrected chi connectivity index (χ2v) is 8.96. The van der Waals surface area contributed by atoms with Crippen LogP contribution in [0.1, 0.15) is 48.9 Å². The highest BCUT2D eigenvalue weighted by Gasteiger charge is 2.53. The van der Waals surface area contributed by atoms with Gasteiger partial charge in [0, 0.05) is 48.9 Å². The molecule has 0 saturated carbocycles. The Morgan fingerprint density at radius 3 is 2.75 bits per heavy atom. The topological polar surface area (TPSA) is 44.5 Å². The Labute approximate surface area is 168 Å². The summed E-state index contributed by atoms with van der Waals surface area (Å²) in [6.07, 6.45) is 5.87. The second kappa shape index (κ2) is 7.20. The van der Waals surface area contributed by atoms with Crippen molar-refractivity contribution in [1.29, 1.82) is 0 Å². The van der Waals surface area contributed by atoms with Crippen molar-refractivity contribution in [2.24, 2.45) is 5.92 Å². The van der Waals surface area contributed by atoms with E-state index in [4.69, 9.17) is 0 Å². The van der Waals surface area contributed by atoms with E-state index in [-0.39, 0.29) is 0 Å². The van der Waals surface area contributed by atoms with Gasteiger partial charge in [-0.25, -0.2) is 0 Å². The molecule has 1 aromatic carbocycles. The third-order valence-corrected chi connectivity index (χ3v) is 7.41. The number of benzene rings is 1. The standard InChI is InChI=1S/C23H32N4O/c1-3-9-27-16(2)19(13-24-27)14-26-15-21(18-5-4-6-20(28)12-18)23-22(26)17-7-10-25(23)11-8-17/h4-6,12-13,17,21-23,28H,3,7-11,14-15H2,1-2H3/t21-,22+,23+/m0/s1. The normalized spacial score (nSPS) is 32.0. The number of likely N-dealkylation sites (tertiary alicyclic amines) is 1. The number of phenols is 1. The maximum Gasteiger partial charge on any atom is 0.115 e. The molecule has 0 radical (unpaired) electrons. The first-order chi connectivity index (χ1) is 13.7. The molecule has 2 aromatic rings. The fourth-order valence-electron chi connectivity index (χ4n) is 6.07. The van der Waals surface area contributed by atoms with Gasteiger partial charge in [0.2, 0.25) is 0 Å². The van der Waals surface area contributed by atoms with Crippen LogP contribution in [-0.2, 0) is 13.1 Å². The fourth-order valence-corrected chi connectivity index (χ4v) is 6.07. The van der Waals surface area contributed by atoms with Crippen molar-refractivity contribution in [3.63, 3.8) is 0 Å². The first-order valence-electron chi connectivity index (χ1n) is 10.9. The summed E-state index contributed by atoms with van der Waals surface area (Å²) in [5, 5.41) is 14.7. The Balaban J connectivity index is 1.45. The number of aryl methyl sites for hydroxylation is 1. The van der Waals surface area contributed by atoms with Crippen molar-refractivity contribution < 1.29 is 5.11 Å². The Morgan fingerprint density at radius 2 is 2.00 bits per heavy atom. The molecular formula is C23H32N4O. The van der Waals surface area contributed by atoms with Gasteiger partial charge in [-0.3, -0.25) is 14.5 Å². The molecule has 0 amide bonds. The maximum absolute atomic E-state index is 10.1. The third-order valence-electron chi connectivity index (χ3n) is 7.41. The number of aromatic hydroxyl groups is 1. The summed E-state index contributed by atoms with van der Waals surface area (Å²) >= 11 is 0. The summed E-state index contributed by atoms with van der Waals surface area (Å²) in [4.78, 5) is 5.46. The van der Waals surface area contributed by atoms with E-state index >= 15 is 0 Å². The Morgan fingerprint density at radius 1 is 1.18 bits per heavy atom. The van der Waals surface area contributed by atoms with Crippen LogP contribution in [0.4, 0.5) is 0 Å². The van der Waals surface area contributed by atoms with Crippen LogP contribution in [0.5, 0.6) is 5.75 Å². The van der Waals surface area contributed by atoms with Gasteiger partial charge in [-0.2, -0.15) is 5.10 Å². The molecule has 0 aliphatic carbocycles. The van der Waals surface area contributed by atoms with Crippen LogP contribution in [-0.4, -0.2) is 56.4 Å². The van der Waals surface area contributed by atoms with Crippen LogP contribution in [0.2, 0.25) is 0 Å². The third kappa shape index (κ3) is 2.96. The molecule has 28 heavy (non-hydrogen) atoms. The highest BCUT2D eigenvalue weighted by Crippen LogP contribution is 2.47. The predicted molar refractivity (Wildman–Crippen MR) is 110 cm³/mol. The molecule has 0 unspecified atom stereocenters. The fraction of sp³-hybridized carbons (Fsp3) is 0.609. The molecule has 4 saturated heterocycles. The van der Waals surface area contributed by atoms with Crippen LogP contribution < -0.4 is 0 Å². The Bertz CT molecular complexity index is 839.